The van der Waals surface area contributed by atoms with Gasteiger partial charge in [0.2, 0.25) is 0 Å². The molecular weight excluding hydrogens is 236 g/mol. The Labute approximate surface area is 107 Å². The predicted molar refractivity (Wildman–Crippen MR) is 67.4 cm³/mol. The summed E-state index contributed by atoms with van der Waals surface area (Å²) >= 11 is 0. The first-order chi connectivity index (χ1) is 8.45. The van der Waals surface area contributed by atoms with Crippen LogP contribution in [0.2, 0.25) is 0 Å². The number of hydrogen-bond donors (Lipinski definition) is 2. The van der Waals surface area contributed by atoms with Gasteiger partial charge in [0.15, 0.2) is 0 Å². The van der Waals surface area contributed by atoms with Crippen LogP contribution in [-0.2, 0) is 19.1 Å². The van der Waals surface area contributed by atoms with E-state index in [-0.39, 0.29) is 11.7 Å². The van der Waals surface area contributed by atoms with Crippen molar-refractivity contribution in [3.63, 3.8) is 0 Å². The van der Waals surface area contributed by atoms with Gasteiger partial charge in [-0.3, -0.25) is 10.2 Å². The summed E-state index contributed by atoms with van der Waals surface area (Å²) in [6.07, 6.45) is 3.31. The summed E-state index contributed by atoms with van der Waals surface area (Å²) in [5, 5.41) is 7.01. The largest absolute Gasteiger partial charge is 0.465 e. The molecule has 104 valence electrons. The normalized spacial score (nSPS) is 11.7. The van der Waals surface area contributed by atoms with Gasteiger partial charge in [-0.2, -0.15) is 0 Å². The first-order valence-electron chi connectivity index (χ1n) is 6.09. The zero-order valence-corrected chi connectivity index (χ0v) is 11.0. The van der Waals surface area contributed by atoms with Crippen LogP contribution in [0.1, 0.15) is 39.5 Å². The third-order valence-electron chi connectivity index (χ3n) is 2.19. The van der Waals surface area contributed by atoms with E-state index < -0.39 is 12.0 Å². The minimum atomic E-state index is -0.575. The molecule has 0 saturated carbocycles. The van der Waals surface area contributed by atoms with Crippen LogP contribution in [0.5, 0.6) is 0 Å². The van der Waals surface area contributed by atoms with E-state index in [1.165, 1.54) is 6.92 Å². The fourth-order valence-corrected chi connectivity index (χ4v) is 1.14. The summed E-state index contributed by atoms with van der Waals surface area (Å²) in [4.78, 5) is 21.9. The topological polar surface area (TPSA) is 102 Å². The quantitative estimate of drug-likeness (QED) is 0.365. The lowest BCUT2D eigenvalue weighted by molar-refractivity contribution is -0.145. The molecule has 0 aromatic heterocycles. The molecule has 0 saturated heterocycles. The number of esters is 2. The minimum Gasteiger partial charge on any atom is -0.465 e. The van der Waals surface area contributed by atoms with Crippen LogP contribution in [0, 0.1) is 5.41 Å². The smallest absolute Gasteiger partial charge is 0.351 e. The molecule has 6 nitrogen and oxygen atoms in total. The summed E-state index contributed by atoms with van der Waals surface area (Å²) in [5.74, 6) is -0.953. The molecule has 1 atom stereocenters. The fraction of sp³-hybridized carbons (Fsp3) is 0.750. The van der Waals surface area contributed by atoms with Gasteiger partial charge in [-0.15, -0.1) is 0 Å². The van der Waals surface area contributed by atoms with Crippen LogP contribution >= 0.6 is 0 Å². The molecule has 0 aromatic rings. The molecule has 0 spiro atoms. The monoisotopic (exact) mass is 258 g/mol. The van der Waals surface area contributed by atoms with E-state index in [0.29, 0.717) is 13.2 Å². The Kier molecular flexibility index (Phi) is 8.82. The number of carbonyl (C=O) groups excluding carboxylic acids is 2. The SMILES string of the molecule is CC(=N)C(=O)OCCCCCCOC(=O)C(C)N. The molecule has 0 radical (unpaired) electrons. The van der Waals surface area contributed by atoms with Gasteiger partial charge >= 0.3 is 11.9 Å². The third-order valence-corrected chi connectivity index (χ3v) is 2.19. The lowest BCUT2D eigenvalue weighted by Crippen LogP contribution is -2.28. The second-order valence-corrected chi connectivity index (χ2v) is 4.13. The summed E-state index contributed by atoms with van der Waals surface area (Å²) < 4.78 is 9.72. The van der Waals surface area contributed by atoms with Crippen molar-refractivity contribution in [2.75, 3.05) is 13.2 Å². The van der Waals surface area contributed by atoms with Crippen LogP contribution in [0.15, 0.2) is 0 Å². The highest BCUT2D eigenvalue weighted by Crippen LogP contribution is 2.01. The average molecular weight is 258 g/mol. The summed E-state index contributed by atoms with van der Waals surface area (Å²) in [7, 11) is 0. The highest BCUT2D eigenvalue weighted by atomic mass is 16.5. The Balaban J connectivity index is 3.29. The second kappa shape index (κ2) is 9.58. The Bertz CT molecular complexity index is 290. The molecule has 0 amide bonds. The molecule has 0 rings (SSSR count). The van der Waals surface area contributed by atoms with Gasteiger partial charge in [0.05, 0.1) is 13.2 Å². The van der Waals surface area contributed by atoms with Crippen molar-refractivity contribution in [1.82, 2.24) is 0 Å². The van der Waals surface area contributed by atoms with E-state index in [1.54, 1.807) is 6.92 Å². The molecule has 3 N–H and O–H groups in total. The predicted octanol–water partition coefficient (Wildman–Crippen LogP) is 1.02. The maximum absolute atomic E-state index is 11.0. The molecule has 0 aromatic carbocycles. The van der Waals surface area contributed by atoms with E-state index in [4.69, 9.17) is 20.6 Å². The third kappa shape index (κ3) is 8.69. The second-order valence-electron chi connectivity index (χ2n) is 4.13. The van der Waals surface area contributed by atoms with Crippen molar-refractivity contribution >= 4 is 17.7 Å². The van der Waals surface area contributed by atoms with Crippen LogP contribution in [0.25, 0.3) is 0 Å². The van der Waals surface area contributed by atoms with Crippen molar-refractivity contribution < 1.29 is 19.1 Å². The zero-order valence-electron chi connectivity index (χ0n) is 11.0. The molecule has 0 heterocycles. The first-order valence-corrected chi connectivity index (χ1v) is 6.09. The Morgan fingerprint density at radius 3 is 2.06 bits per heavy atom. The summed E-state index contributed by atoms with van der Waals surface area (Å²) in [6.45, 7) is 3.69. The average Bonchev–Trinajstić information content (AvgIpc) is 2.31. The number of ether oxygens (including phenoxy) is 2. The molecule has 18 heavy (non-hydrogen) atoms. The van der Waals surface area contributed by atoms with Crippen molar-refractivity contribution in [3.8, 4) is 0 Å². The van der Waals surface area contributed by atoms with E-state index in [2.05, 4.69) is 0 Å². The van der Waals surface area contributed by atoms with Gasteiger partial charge in [-0.1, -0.05) is 0 Å². The summed E-state index contributed by atoms with van der Waals surface area (Å²) in [6, 6.07) is -0.575. The Hall–Kier alpha value is -1.43. The van der Waals surface area contributed by atoms with Crippen molar-refractivity contribution in [2.24, 2.45) is 5.73 Å². The van der Waals surface area contributed by atoms with Crippen LogP contribution in [0.4, 0.5) is 0 Å². The molecule has 1 unspecified atom stereocenters. The van der Waals surface area contributed by atoms with Crippen molar-refractivity contribution in [3.05, 3.63) is 0 Å². The van der Waals surface area contributed by atoms with E-state index in [9.17, 15) is 9.59 Å². The van der Waals surface area contributed by atoms with Gasteiger partial charge in [0.25, 0.3) is 0 Å². The van der Waals surface area contributed by atoms with E-state index >= 15 is 0 Å². The Morgan fingerprint density at radius 1 is 1.11 bits per heavy atom. The fourth-order valence-electron chi connectivity index (χ4n) is 1.14. The van der Waals surface area contributed by atoms with Crippen molar-refractivity contribution in [1.29, 1.82) is 5.41 Å². The molecule has 0 fully saturated rings. The maximum atomic E-state index is 11.0. The van der Waals surface area contributed by atoms with E-state index in [0.717, 1.165) is 25.7 Å². The zero-order chi connectivity index (χ0) is 14.0. The molecule has 6 heteroatoms. The number of rotatable bonds is 9. The van der Waals surface area contributed by atoms with E-state index in [1.807, 2.05) is 0 Å². The number of carbonyl (C=O) groups is 2. The van der Waals surface area contributed by atoms with Gasteiger partial charge in [-0.25, -0.2) is 4.79 Å². The Morgan fingerprint density at radius 2 is 1.61 bits per heavy atom. The first kappa shape index (κ1) is 16.6. The maximum Gasteiger partial charge on any atom is 0.351 e. The molecular formula is C12H22N2O4. The van der Waals surface area contributed by atoms with Gasteiger partial charge in [0.1, 0.15) is 11.8 Å². The number of unbranched alkanes of at least 4 members (excludes halogenated alkanes) is 3. The van der Waals surface area contributed by atoms with Crippen LogP contribution in [0.3, 0.4) is 0 Å². The standard InChI is InChI=1S/C12H22N2O4/c1-9(13)11(15)17-7-5-3-4-6-8-18-12(16)10(2)14/h9,14H,3-8,13H2,1-2H3. The number of nitrogens with two attached hydrogens (primary N) is 1. The van der Waals surface area contributed by atoms with Gasteiger partial charge in [0, 0.05) is 0 Å². The lowest BCUT2D eigenvalue weighted by atomic mass is 10.2. The van der Waals surface area contributed by atoms with Gasteiger partial charge in [-0.05, 0) is 39.5 Å². The highest BCUT2D eigenvalue weighted by Gasteiger charge is 2.07. The molecule has 0 aliphatic rings. The molecule has 0 bridgehead atoms. The number of hydrogen-bond acceptors (Lipinski definition) is 6. The number of nitrogens with one attached hydrogen (secondary N) is 1. The highest BCUT2D eigenvalue weighted by molar-refractivity contribution is 6.33. The van der Waals surface area contributed by atoms with Gasteiger partial charge < -0.3 is 15.2 Å². The van der Waals surface area contributed by atoms with Crippen molar-refractivity contribution in [2.45, 2.75) is 45.6 Å². The van der Waals surface area contributed by atoms with Crippen LogP contribution in [-0.4, -0.2) is 36.9 Å². The van der Waals surface area contributed by atoms with Crippen LogP contribution < -0.4 is 5.73 Å². The lowest BCUT2D eigenvalue weighted by Gasteiger charge is -2.07. The minimum absolute atomic E-state index is 0.0854. The summed E-state index contributed by atoms with van der Waals surface area (Å²) in [5.41, 5.74) is 5.24. The molecule has 0 aliphatic heterocycles. The molecule has 0 aliphatic carbocycles.